The van der Waals surface area contributed by atoms with Crippen LogP contribution in [0, 0.1) is 0 Å². The summed E-state index contributed by atoms with van der Waals surface area (Å²) in [6.45, 7) is 0.804. The number of rotatable bonds is 7. The monoisotopic (exact) mass is 405 g/mol. The summed E-state index contributed by atoms with van der Waals surface area (Å²) < 4.78 is 35.1. The molecule has 0 fully saturated rings. The van der Waals surface area contributed by atoms with E-state index in [9.17, 15) is 13.2 Å². The van der Waals surface area contributed by atoms with E-state index < -0.39 is 15.9 Å². The average molecular weight is 405 g/mol. The van der Waals surface area contributed by atoms with E-state index in [1.54, 1.807) is 0 Å². The Bertz CT molecular complexity index is 962. The molecule has 8 nitrogen and oxygen atoms in total. The molecule has 28 heavy (non-hydrogen) atoms. The molecule has 0 saturated carbocycles. The molecule has 0 atom stereocenters. The average Bonchev–Trinajstić information content (AvgIpc) is 2.72. The molecule has 0 unspecified atom stereocenters. The Kier molecular flexibility index (Phi) is 6.05. The molecule has 1 aliphatic rings. The number of hydrazine groups is 1. The Balaban J connectivity index is 1.64. The lowest BCUT2D eigenvalue weighted by atomic mass is 10.0. The largest absolute Gasteiger partial charge is 0.493 e. The van der Waals surface area contributed by atoms with E-state index >= 15 is 0 Å². The SMILES string of the molecule is COc1ccc(S(=O)(=O)NNC(=O)CN2CCCc3ccccc32)cc1OC. The number of para-hydroxylation sites is 1. The number of nitrogens with zero attached hydrogens (tertiary/aromatic N) is 1. The van der Waals surface area contributed by atoms with Gasteiger partial charge in [-0.2, -0.15) is 0 Å². The van der Waals surface area contributed by atoms with Gasteiger partial charge in [0.25, 0.3) is 15.9 Å². The molecule has 2 N–H and O–H groups in total. The van der Waals surface area contributed by atoms with Gasteiger partial charge in [-0.05, 0) is 36.6 Å². The van der Waals surface area contributed by atoms with Gasteiger partial charge in [0.1, 0.15) is 0 Å². The fourth-order valence-electron chi connectivity index (χ4n) is 3.16. The summed E-state index contributed by atoms with van der Waals surface area (Å²) >= 11 is 0. The lowest BCUT2D eigenvalue weighted by Crippen LogP contribution is -2.47. The highest BCUT2D eigenvalue weighted by Crippen LogP contribution is 2.29. The molecule has 0 aromatic heterocycles. The van der Waals surface area contributed by atoms with Crippen molar-refractivity contribution in [3.8, 4) is 11.5 Å². The first-order valence-corrected chi connectivity index (χ1v) is 10.3. The van der Waals surface area contributed by atoms with Gasteiger partial charge in [-0.25, -0.2) is 8.42 Å². The van der Waals surface area contributed by atoms with Gasteiger partial charge in [0, 0.05) is 18.3 Å². The second-order valence-corrected chi connectivity index (χ2v) is 8.01. The number of aryl methyl sites for hydroxylation is 1. The first-order chi connectivity index (χ1) is 13.4. The van der Waals surface area contributed by atoms with E-state index in [0.29, 0.717) is 5.75 Å². The lowest BCUT2D eigenvalue weighted by Gasteiger charge is -2.30. The molecule has 1 heterocycles. The standard InChI is InChI=1S/C19H23N3O5S/c1-26-17-10-9-15(12-18(17)27-2)28(24,25)21-20-19(23)13-22-11-5-7-14-6-3-4-8-16(14)22/h3-4,6,8-10,12,21H,5,7,11,13H2,1-2H3,(H,20,23). The van der Waals surface area contributed by atoms with E-state index in [1.807, 2.05) is 29.2 Å². The van der Waals surface area contributed by atoms with Crippen molar-refractivity contribution in [2.45, 2.75) is 17.7 Å². The molecule has 150 valence electrons. The summed E-state index contributed by atoms with van der Waals surface area (Å²) in [5.74, 6) is 0.247. The summed E-state index contributed by atoms with van der Waals surface area (Å²) in [6.07, 6.45) is 1.92. The van der Waals surface area contributed by atoms with Gasteiger partial charge in [-0.1, -0.05) is 18.2 Å². The van der Waals surface area contributed by atoms with Crippen molar-refractivity contribution in [3.63, 3.8) is 0 Å². The van der Waals surface area contributed by atoms with Crippen molar-refractivity contribution in [2.75, 3.05) is 32.2 Å². The molecule has 0 saturated heterocycles. The van der Waals surface area contributed by atoms with Gasteiger partial charge >= 0.3 is 0 Å². The van der Waals surface area contributed by atoms with Crippen LogP contribution in [0.4, 0.5) is 5.69 Å². The Hall–Kier alpha value is -2.78. The van der Waals surface area contributed by atoms with Gasteiger partial charge in [-0.3, -0.25) is 10.2 Å². The third-order valence-electron chi connectivity index (χ3n) is 4.53. The van der Waals surface area contributed by atoms with Crippen LogP contribution in [-0.4, -0.2) is 41.6 Å². The van der Waals surface area contributed by atoms with Crippen molar-refractivity contribution in [1.29, 1.82) is 0 Å². The molecule has 2 aromatic carbocycles. The van der Waals surface area contributed by atoms with E-state index in [0.717, 1.165) is 25.1 Å². The lowest BCUT2D eigenvalue weighted by molar-refractivity contribution is -0.120. The van der Waals surface area contributed by atoms with Crippen molar-refractivity contribution in [3.05, 3.63) is 48.0 Å². The molecule has 3 rings (SSSR count). The fraction of sp³-hybridized carbons (Fsp3) is 0.316. The fourth-order valence-corrected chi connectivity index (χ4v) is 4.03. The van der Waals surface area contributed by atoms with Crippen molar-refractivity contribution in [1.82, 2.24) is 10.3 Å². The molecule has 1 aliphatic heterocycles. The van der Waals surface area contributed by atoms with Crippen molar-refractivity contribution < 1.29 is 22.7 Å². The minimum atomic E-state index is -3.95. The van der Waals surface area contributed by atoms with E-state index in [2.05, 4.69) is 10.3 Å². The molecular weight excluding hydrogens is 382 g/mol. The third-order valence-corrected chi connectivity index (χ3v) is 5.78. The van der Waals surface area contributed by atoms with E-state index in [4.69, 9.17) is 9.47 Å². The number of ether oxygens (including phenoxy) is 2. The number of carbonyl (C=O) groups excluding carboxylic acids is 1. The number of anilines is 1. The Labute approximate surface area is 164 Å². The zero-order chi connectivity index (χ0) is 20.1. The smallest absolute Gasteiger partial charge is 0.257 e. The number of fused-ring (bicyclic) bond motifs is 1. The summed E-state index contributed by atoms with van der Waals surface area (Å²) in [4.78, 5) is 16.3. The number of sulfonamides is 1. The van der Waals surface area contributed by atoms with Crippen LogP contribution in [0.3, 0.4) is 0 Å². The third kappa shape index (κ3) is 4.37. The number of hydrogen-bond acceptors (Lipinski definition) is 6. The Morgan fingerprint density at radius 2 is 1.86 bits per heavy atom. The highest BCUT2D eigenvalue weighted by atomic mass is 32.2. The molecular formula is C19H23N3O5S. The van der Waals surface area contributed by atoms with Crippen LogP contribution in [0.25, 0.3) is 0 Å². The second-order valence-electron chi connectivity index (χ2n) is 6.32. The van der Waals surface area contributed by atoms with Gasteiger partial charge in [-0.15, -0.1) is 4.83 Å². The minimum absolute atomic E-state index is 0.0474. The summed E-state index contributed by atoms with van der Waals surface area (Å²) in [5.41, 5.74) is 4.47. The van der Waals surface area contributed by atoms with Gasteiger partial charge in [0.15, 0.2) is 11.5 Å². The van der Waals surface area contributed by atoms with Crippen molar-refractivity contribution in [2.24, 2.45) is 0 Å². The molecule has 9 heteroatoms. The number of benzene rings is 2. The number of amides is 1. The normalized spacial score (nSPS) is 13.6. The highest BCUT2D eigenvalue weighted by molar-refractivity contribution is 7.89. The summed E-state index contributed by atoms with van der Waals surface area (Å²) in [6, 6.07) is 12.1. The highest BCUT2D eigenvalue weighted by Gasteiger charge is 2.21. The number of carbonyl (C=O) groups is 1. The minimum Gasteiger partial charge on any atom is -0.493 e. The van der Waals surface area contributed by atoms with Gasteiger partial charge in [0.2, 0.25) is 0 Å². The topological polar surface area (TPSA) is 97.0 Å². The van der Waals surface area contributed by atoms with Crippen LogP contribution in [-0.2, 0) is 21.2 Å². The first-order valence-electron chi connectivity index (χ1n) is 8.80. The van der Waals surface area contributed by atoms with Crippen LogP contribution >= 0.6 is 0 Å². The molecule has 2 aromatic rings. The van der Waals surface area contributed by atoms with Crippen molar-refractivity contribution >= 4 is 21.6 Å². The zero-order valence-corrected chi connectivity index (χ0v) is 16.6. The summed E-state index contributed by atoms with van der Waals surface area (Å²) in [5, 5.41) is 0. The van der Waals surface area contributed by atoms with E-state index in [1.165, 1.54) is 38.0 Å². The maximum Gasteiger partial charge on any atom is 0.257 e. The van der Waals surface area contributed by atoms with Gasteiger partial charge in [0.05, 0.1) is 25.7 Å². The number of methoxy groups -OCH3 is 2. The quantitative estimate of drug-likeness (QED) is 0.677. The Morgan fingerprint density at radius 1 is 1.11 bits per heavy atom. The maximum absolute atomic E-state index is 12.5. The summed E-state index contributed by atoms with van der Waals surface area (Å²) in [7, 11) is -1.07. The van der Waals surface area contributed by atoms with Crippen LogP contribution in [0.15, 0.2) is 47.4 Å². The predicted octanol–water partition coefficient (Wildman–Crippen LogP) is 1.47. The number of nitrogens with one attached hydrogen (secondary N) is 2. The number of hydrogen-bond donors (Lipinski definition) is 2. The van der Waals surface area contributed by atoms with E-state index in [-0.39, 0.29) is 17.2 Å². The van der Waals surface area contributed by atoms with Crippen LogP contribution in [0.2, 0.25) is 0 Å². The van der Waals surface area contributed by atoms with Gasteiger partial charge < -0.3 is 14.4 Å². The molecule has 0 spiro atoms. The predicted molar refractivity (Wildman–Crippen MR) is 105 cm³/mol. The second kappa shape index (κ2) is 8.49. The Morgan fingerprint density at radius 3 is 2.61 bits per heavy atom. The zero-order valence-electron chi connectivity index (χ0n) is 15.8. The van der Waals surface area contributed by atoms with Crippen LogP contribution in [0.1, 0.15) is 12.0 Å². The maximum atomic E-state index is 12.5. The van der Waals surface area contributed by atoms with Crippen LogP contribution < -0.4 is 24.6 Å². The van der Waals surface area contributed by atoms with Crippen LogP contribution in [0.5, 0.6) is 11.5 Å². The molecule has 1 amide bonds. The first kappa shape index (κ1) is 20.0. The molecule has 0 aliphatic carbocycles. The molecule has 0 radical (unpaired) electrons. The molecule has 0 bridgehead atoms.